The molecular formula is C13H25N. The molecule has 0 aromatic rings. The molecule has 0 bridgehead atoms. The maximum atomic E-state index is 5.56. The van der Waals surface area contributed by atoms with Crippen molar-refractivity contribution >= 4 is 0 Å². The molecule has 1 atom stereocenters. The predicted molar refractivity (Wildman–Crippen MR) is 64.2 cm³/mol. The highest BCUT2D eigenvalue weighted by Gasteiger charge is 2.16. The molecule has 1 heteroatoms. The summed E-state index contributed by atoms with van der Waals surface area (Å²) in [6.45, 7) is 7.68. The minimum atomic E-state index is 0.287. The molecule has 14 heavy (non-hydrogen) atoms. The average molecular weight is 195 g/mol. The summed E-state index contributed by atoms with van der Waals surface area (Å²) >= 11 is 0. The van der Waals surface area contributed by atoms with E-state index < -0.39 is 0 Å². The van der Waals surface area contributed by atoms with Crippen LogP contribution in [0, 0.1) is 18.3 Å². The standard InChI is InChI=1S/C13H25N/c1-5-9-12(10-6-2)13(8-4)14-11-7-3/h4,12-14H,5-7,9-11H2,1-3H3. The van der Waals surface area contributed by atoms with E-state index in [1.54, 1.807) is 0 Å². The van der Waals surface area contributed by atoms with Crippen molar-refractivity contribution in [1.82, 2.24) is 5.32 Å². The van der Waals surface area contributed by atoms with Gasteiger partial charge in [0.2, 0.25) is 0 Å². The summed E-state index contributed by atoms with van der Waals surface area (Å²) in [6, 6.07) is 0.287. The molecule has 1 unspecified atom stereocenters. The van der Waals surface area contributed by atoms with Crippen LogP contribution in [0.5, 0.6) is 0 Å². The van der Waals surface area contributed by atoms with Crippen molar-refractivity contribution < 1.29 is 0 Å². The molecular weight excluding hydrogens is 170 g/mol. The van der Waals surface area contributed by atoms with E-state index in [1.807, 2.05) is 0 Å². The molecule has 0 spiro atoms. The maximum Gasteiger partial charge on any atom is 0.0715 e. The Morgan fingerprint density at radius 2 is 1.64 bits per heavy atom. The highest BCUT2D eigenvalue weighted by molar-refractivity contribution is 5.01. The number of rotatable bonds is 8. The van der Waals surface area contributed by atoms with Gasteiger partial charge in [-0.3, -0.25) is 0 Å². The lowest BCUT2D eigenvalue weighted by atomic mass is 9.91. The van der Waals surface area contributed by atoms with Gasteiger partial charge in [-0.05, 0) is 31.7 Å². The van der Waals surface area contributed by atoms with Crippen LogP contribution in [0.3, 0.4) is 0 Å². The van der Waals surface area contributed by atoms with Crippen LogP contribution < -0.4 is 5.32 Å². The van der Waals surface area contributed by atoms with Crippen molar-refractivity contribution in [2.45, 2.75) is 58.9 Å². The normalized spacial score (nSPS) is 12.8. The highest BCUT2D eigenvalue weighted by Crippen LogP contribution is 2.17. The monoisotopic (exact) mass is 195 g/mol. The lowest BCUT2D eigenvalue weighted by molar-refractivity contribution is 0.361. The van der Waals surface area contributed by atoms with E-state index in [-0.39, 0.29) is 6.04 Å². The second kappa shape index (κ2) is 9.09. The smallest absolute Gasteiger partial charge is 0.0715 e. The Morgan fingerprint density at radius 1 is 1.07 bits per heavy atom. The van der Waals surface area contributed by atoms with E-state index in [2.05, 4.69) is 32.0 Å². The Hall–Kier alpha value is -0.480. The van der Waals surface area contributed by atoms with Gasteiger partial charge in [-0.15, -0.1) is 6.42 Å². The van der Waals surface area contributed by atoms with E-state index in [0.717, 1.165) is 13.0 Å². The molecule has 0 aliphatic rings. The first kappa shape index (κ1) is 13.5. The fourth-order valence-corrected chi connectivity index (χ4v) is 1.88. The summed E-state index contributed by atoms with van der Waals surface area (Å²) < 4.78 is 0. The minimum absolute atomic E-state index is 0.287. The minimum Gasteiger partial charge on any atom is -0.303 e. The third-order valence-corrected chi connectivity index (χ3v) is 2.58. The lowest BCUT2D eigenvalue weighted by Gasteiger charge is -2.23. The molecule has 0 amide bonds. The molecule has 0 aliphatic carbocycles. The number of terminal acetylenes is 1. The summed E-state index contributed by atoms with van der Waals surface area (Å²) in [5.74, 6) is 3.56. The molecule has 1 N–H and O–H groups in total. The quantitative estimate of drug-likeness (QED) is 0.586. The molecule has 0 heterocycles. The van der Waals surface area contributed by atoms with Gasteiger partial charge in [-0.1, -0.05) is 39.5 Å². The fraction of sp³-hybridized carbons (Fsp3) is 0.846. The van der Waals surface area contributed by atoms with E-state index in [4.69, 9.17) is 6.42 Å². The number of nitrogens with one attached hydrogen (secondary N) is 1. The zero-order valence-electron chi connectivity index (χ0n) is 9.97. The second-order valence-electron chi connectivity index (χ2n) is 3.94. The SMILES string of the molecule is C#CC(NCCC)C(CCC)CCC. The fourth-order valence-electron chi connectivity index (χ4n) is 1.88. The predicted octanol–water partition coefficient (Wildman–Crippen LogP) is 3.20. The van der Waals surface area contributed by atoms with Crippen molar-refractivity contribution in [3.8, 4) is 12.3 Å². The van der Waals surface area contributed by atoms with Crippen molar-refractivity contribution in [3.05, 3.63) is 0 Å². The molecule has 0 aromatic carbocycles. The van der Waals surface area contributed by atoms with Crippen molar-refractivity contribution in [2.75, 3.05) is 6.54 Å². The third kappa shape index (κ3) is 5.29. The van der Waals surface area contributed by atoms with Crippen LogP contribution in [0.2, 0.25) is 0 Å². The van der Waals surface area contributed by atoms with Gasteiger partial charge in [0.05, 0.1) is 6.04 Å². The maximum absolute atomic E-state index is 5.56. The molecule has 0 aromatic heterocycles. The highest BCUT2D eigenvalue weighted by atomic mass is 14.9. The Morgan fingerprint density at radius 3 is 2.00 bits per heavy atom. The van der Waals surface area contributed by atoms with Gasteiger partial charge >= 0.3 is 0 Å². The van der Waals surface area contributed by atoms with Crippen LogP contribution in [-0.2, 0) is 0 Å². The van der Waals surface area contributed by atoms with Crippen LogP contribution >= 0.6 is 0 Å². The van der Waals surface area contributed by atoms with E-state index in [0.29, 0.717) is 5.92 Å². The van der Waals surface area contributed by atoms with Crippen molar-refractivity contribution in [3.63, 3.8) is 0 Å². The van der Waals surface area contributed by atoms with E-state index in [1.165, 1.54) is 25.7 Å². The van der Waals surface area contributed by atoms with Crippen LogP contribution in [0.25, 0.3) is 0 Å². The molecule has 0 radical (unpaired) electrons. The zero-order chi connectivity index (χ0) is 10.8. The molecule has 82 valence electrons. The third-order valence-electron chi connectivity index (χ3n) is 2.58. The number of hydrogen-bond acceptors (Lipinski definition) is 1. The molecule has 0 aliphatic heterocycles. The molecule has 0 fully saturated rings. The van der Waals surface area contributed by atoms with Gasteiger partial charge in [-0.2, -0.15) is 0 Å². The zero-order valence-corrected chi connectivity index (χ0v) is 9.97. The van der Waals surface area contributed by atoms with Gasteiger partial charge in [-0.25, -0.2) is 0 Å². The van der Waals surface area contributed by atoms with Crippen molar-refractivity contribution in [2.24, 2.45) is 5.92 Å². The summed E-state index contributed by atoms with van der Waals surface area (Å²) in [6.07, 6.45) is 11.7. The average Bonchev–Trinajstić information content (AvgIpc) is 2.19. The molecule has 0 saturated carbocycles. The summed E-state index contributed by atoms with van der Waals surface area (Å²) in [5, 5.41) is 3.45. The van der Waals surface area contributed by atoms with Crippen LogP contribution in [0.15, 0.2) is 0 Å². The second-order valence-corrected chi connectivity index (χ2v) is 3.94. The Balaban J connectivity index is 4.05. The van der Waals surface area contributed by atoms with Gasteiger partial charge in [0.15, 0.2) is 0 Å². The van der Waals surface area contributed by atoms with Crippen LogP contribution in [0.4, 0.5) is 0 Å². The summed E-state index contributed by atoms with van der Waals surface area (Å²) in [4.78, 5) is 0. The van der Waals surface area contributed by atoms with Gasteiger partial charge in [0.25, 0.3) is 0 Å². The van der Waals surface area contributed by atoms with Crippen molar-refractivity contribution in [1.29, 1.82) is 0 Å². The van der Waals surface area contributed by atoms with E-state index in [9.17, 15) is 0 Å². The van der Waals surface area contributed by atoms with E-state index >= 15 is 0 Å². The summed E-state index contributed by atoms with van der Waals surface area (Å²) in [5.41, 5.74) is 0. The Bertz CT molecular complexity index is 151. The number of hydrogen-bond donors (Lipinski definition) is 1. The van der Waals surface area contributed by atoms with Gasteiger partial charge in [0.1, 0.15) is 0 Å². The topological polar surface area (TPSA) is 12.0 Å². The lowest BCUT2D eigenvalue weighted by Crippen LogP contribution is -2.35. The van der Waals surface area contributed by atoms with Gasteiger partial charge in [0, 0.05) is 0 Å². The van der Waals surface area contributed by atoms with Crippen LogP contribution in [-0.4, -0.2) is 12.6 Å². The Labute approximate surface area is 89.7 Å². The van der Waals surface area contributed by atoms with Crippen LogP contribution in [0.1, 0.15) is 52.9 Å². The Kier molecular flexibility index (Phi) is 8.78. The first-order valence-electron chi connectivity index (χ1n) is 5.99. The summed E-state index contributed by atoms with van der Waals surface area (Å²) in [7, 11) is 0. The van der Waals surface area contributed by atoms with Gasteiger partial charge < -0.3 is 5.32 Å². The molecule has 0 rings (SSSR count). The largest absolute Gasteiger partial charge is 0.303 e. The molecule has 1 nitrogen and oxygen atoms in total. The first-order chi connectivity index (χ1) is 6.79. The molecule has 0 saturated heterocycles. The first-order valence-corrected chi connectivity index (χ1v) is 5.99.